The summed E-state index contributed by atoms with van der Waals surface area (Å²) in [4.78, 5) is 43.7. The minimum atomic E-state index is -0.246. The van der Waals surface area contributed by atoms with Crippen molar-refractivity contribution in [1.82, 2.24) is 20.0 Å². The molecule has 2 aliphatic heterocycles. The monoisotopic (exact) mass is 422 g/mol. The minimum Gasteiger partial charge on any atom is -0.353 e. The molecule has 7 heteroatoms. The highest BCUT2D eigenvalue weighted by molar-refractivity contribution is 6.08. The van der Waals surface area contributed by atoms with E-state index in [9.17, 15) is 14.4 Å². The highest BCUT2D eigenvalue weighted by atomic mass is 16.2. The SMILES string of the molecule is O=C(CN1C(=O)C2C3C=CC(C3)C2C1=O)NCCN1CCN(Cc2ccccc2)CC1. The van der Waals surface area contributed by atoms with Crippen LogP contribution in [0.1, 0.15) is 12.0 Å². The number of hydrogen-bond acceptors (Lipinski definition) is 5. The number of fused-ring (bicyclic) bond motifs is 5. The summed E-state index contributed by atoms with van der Waals surface area (Å²) in [6.45, 7) is 6.13. The zero-order valence-electron chi connectivity index (χ0n) is 17.8. The Kier molecular flexibility index (Phi) is 5.63. The van der Waals surface area contributed by atoms with Crippen molar-refractivity contribution in [2.45, 2.75) is 13.0 Å². The summed E-state index contributed by atoms with van der Waals surface area (Å²) in [5.74, 6) is -0.664. The molecule has 1 aromatic carbocycles. The van der Waals surface area contributed by atoms with Crippen LogP contribution in [0.2, 0.25) is 0 Å². The number of benzene rings is 1. The molecular formula is C24H30N4O3. The molecule has 2 saturated heterocycles. The molecular weight excluding hydrogens is 392 g/mol. The van der Waals surface area contributed by atoms with E-state index in [0.29, 0.717) is 6.54 Å². The number of likely N-dealkylation sites (tertiary alicyclic amines) is 1. The molecule has 3 fully saturated rings. The highest BCUT2D eigenvalue weighted by Crippen LogP contribution is 2.52. The molecule has 3 amide bonds. The largest absolute Gasteiger partial charge is 0.353 e. The predicted octanol–water partition coefficient (Wildman–Crippen LogP) is 0.728. The summed E-state index contributed by atoms with van der Waals surface area (Å²) in [6, 6.07) is 10.5. The number of nitrogens with zero attached hydrogens (tertiary/aromatic N) is 3. The summed E-state index contributed by atoms with van der Waals surface area (Å²) < 4.78 is 0. The van der Waals surface area contributed by atoms with Crippen molar-refractivity contribution in [2.75, 3.05) is 45.8 Å². The van der Waals surface area contributed by atoms with Crippen LogP contribution in [0.3, 0.4) is 0 Å². The zero-order valence-corrected chi connectivity index (χ0v) is 17.8. The fraction of sp³-hybridized carbons (Fsp3) is 0.542. The molecule has 1 aromatic rings. The quantitative estimate of drug-likeness (QED) is 0.518. The number of amides is 3. The number of imide groups is 1. The van der Waals surface area contributed by atoms with Gasteiger partial charge in [0.1, 0.15) is 6.54 Å². The Labute approximate surface area is 183 Å². The number of nitrogens with one attached hydrogen (secondary N) is 1. The van der Waals surface area contributed by atoms with E-state index in [1.54, 1.807) is 0 Å². The second-order valence-electron chi connectivity index (χ2n) is 9.22. The van der Waals surface area contributed by atoms with Gasteiger partial charge in [-0.15, -0.1) is 0 Å². The lowest BCUT2D eigenvalue weighted by atomic mass is 9.85. The van der Waals surface area contributed by atoms with Crippen LogP contribution in [0, 0.1) is 23.7 Å². The topological polar surface area (TPSA) is 73.0 Å². The van der Waals surface area contributed by atoms with E-state index in [0.717, 1.165) is 45.7 Å². The van der Waals surface area contributed by atoms with Crippen LogP contribution in [-0.2, 0) is 20.9 Å². The number of rotatable bonds is 7. The van der Waals surface area contributed by atoms with Gasteiger partial charge in [0.05, 0.1) is 11.8 Å². The molecule has 1 saturated carbocycles. The third-order valence-corrected chi connectivity index (χ3v) is 7.33. The van der Waals surface area contributed by atoms with Gasteiger partial charge in [-0.1, -0.05) is 42.5 Å². The summed E-state index contributed by atoms with van der Waals surface area (Å²) >= 11 is 0. The van der Waals surface area contributed by atoms with Crippen LogP contribution in [-0.4, -0.2) is 78.2 Å². The van der Waals surface area contributed by atoms with Gasteiger partial charge in [-0.3, -0.25) is 29.1 Å². The molecule has 5 rings (SSSR count). The third kappa shape index (κ3) is 4.04. The standard InChI is InChI=1S/C24H30N4O3/c29-20(16-28-23(30)21-18-6-7-19(14-18)22(21)24(28)31)25-8-9-26-10-12-27(13-11-26)15-17-4-2-1-3-5-17/h1-7,18-19,21-22H,8-16H2,(H,25,29). The molecule has 7 nitrogen and oxygen atoms in total. The third-order valence-electron chi connectivity index (χ3n) is 7.33. The number of hydrogen-bond donors (Lipinski definition) is 1. The molecule has 2 bridgehead atoms. The molecule has 2 heterocycles. The first-order valence-electron chi connectivity index (χ1n) is 11.4. The number of piperazine rings is 1. The molecule has 0 spiro atoms. The minimum absolute atomic E-state index is 0.144. The second kappa shape index (κ2) is 8.55. The van der Waals surface area contributed by atoms with Crippen molar-refractivity contribution in [3.8, 4) is 0 Å². The molecule has 4 unspecified atom stereocenters. The van der Waals surface area contributed by atoms with Gasteiger partial charge in [-0.2, -0.15) is 0 Å². The maximum atomic E-state index is 12.7. The van der Waals surface area contributed by atoms with Gasteiger partial charge in [-0.05, 0) is 23.8 Å². The van der Waals surface area contributed by atoms with E-state index in [1.807, 2.05) is 6.07 Å². The van der Waals surface area contributed by atoms with Crippen LogP contribution in [0.5, 0.6) is 0 Å². The van der Waals surface area contributed by atoms with Gasteiger partial charge in [0.15, 0.2) is 0 Å². The van der Waals surface area contributed by atoms with E-state index in [-0.39, 0.29) is 47.9 Å². The van der Waals surface area contributed by atoms with Crippen molar-refractivity contribution in [3.05, 3.63) is 48.0 Å². The normalized spacial score (nSPS) is 30.3. The van der Waals surface area contributed by atoms with Crippen molar-refractivity contribution in [2.24, 2.45) is 23.7 Å². The smallest absolute Gasteiger partial charge is 0.240 e. The highest BCUT2D eigenvalue weighted by Gasteiger charge is 2.59. The first-order chi connectivity index (χ1) is 15.1. The lowest BCUT2D eigenvalue weighted by Crippen LogP contribution is -2.49. The van der Waals surface area contributed by atoms with Crippen molar-refractivity contribution < 1.29 is 14.4 Å². The lowest BCUT2D eigenvalue weighted by molar-refractivity contribution is -0.144. The van der Waals surface area contributed by atoms with Gasteiger partial charge < -0.3 is 5.32 Å². The predicted molar refractivity (Wildman–Crippen MR) is 116 cm³/mol. The van der Waals surface area contributed by atoms with E-state index in [1.165, 1.54) is 10.5 Å². The van der Waals surface area contributed by atoms with Crippen LogP contribution < -0.4 is 5.32 Å². The average molecular weight is 423 g/mol. The summed E-state index contributed by atoms with van der Waals surface area (Å²) in [5, 5.41) is 2.90. The van der Waals surface area contributed by atoms with E-state index in [2.05, 4.69) is 51.5 Å². The Morgan fingerprint density at radius 1 is 0.903 bits per heavy atom. The maximum Gasteiger partial charge on any atom is 0.240 e. The van der Waals surface area contributed by atoms with Gasteiger partial charge in [0.25, 0.3) is 0 Å². The Morgan fingerprint density at radius 2 is 1.52 bits per heavy atom. The van der Waals surface area contributed by atoms with Gasteiger partial charge in [0.2, 0.25) is 17.7 Å². The van der Waals surface area contributed by atoms with Crippen molar-refractivity contribution in [3.63, 3.8) is 0 Å². The van der Waals surface area contributed by atoms with Crippen LogP contribution >= 0.6 is 0 Å². The molecule has 164 valence electrons. The molecule has 31 heavy (non-hydrogen) atoms. The van der Waals surface area contributed by atoms with E-state index < -0.39 is 0 Å². The van der Waals surface area contributed by atoms with Gasteiger partial charge in [0, 0.05) is 45.8 Å². The lowest BCUT2D eigenvalue weighted by Gasteiger charge is -2.34. The molecule has 4 aliphatic rings. The first-order valence-corrected chi connectivity index (χ1v) is 11.4. The second-order valence-corrected chi connectivity index (χ2v) is 9.22. The van der Waals surface area contributed by atoms with E-state index in [4.69, 9.17) is 0 Å². The fourth-order valence-electron chi connectivity index (χ4n) is 5.69. The zero-order chi connectivity index (χ0) is 21.4. The molecule has 2 aliphatic carbocycles. The molecule has 0 aromatic heterocycles. The Hall–Kier alpha value is -2.51. The van der Waals surface area contributed by atoms with Crippen LogP contribution in [0.15, 0.2) is 42.5 Å². The Bertz CT molecular complexity index is 848. The fourth-order valence-corrected chi connectivity index (χ4v) is 5.69. The van der Waals surface area contributed by atoms with Crippen molar-refractivity contribution in [1.29, 1.82) is 0 Å². The Morgan fingerprint density at radius 3 is 2.16 bits per heavy atom. The molecule has 0 radical (unpaired) electrons. The van der Waals surface area contributed by atoms with Crippen LogP contribution in [0.4, 0.5) is 0 Å². The number of allylic oxidation sites excluding steroid dienone is 2. The summed E-state index contributed by atoms with van der Waals surface area (Å²) in [6.07, 6.45) is 5.05. The first kappa shape index (κ1) is 20.4. The van der Waals surface area contributed by atoms with E-state index >= 15 is 0 Å². The van der Waals surface area contributed by atoms with Crippen LogP contribution in [0.25, 0.3) is 0 Å². The average Bonchev–Trinajstić information content (AvgIpc) is 3.46. The Balaban J connectivity index is 1.02. The van der Waals surface area contributed by atoms with Gasteiger partial charge >= 0.3 is 0 Å². The van der Waals surface area contributed by atoms with Gasteiger partial charge in [-0.25, -0.2) is 0 Å². The molecule has 4 atom stereocenters. The number of carbonyl (C=O) groups is 3. The molecule has 1 N–H and O–H groups in total. The summed E-state index contributed by atoms with van der Waals surface area (Å²) in [5.41, 5.74) is 1.34. The maximum absolute atomic E-state index is 12.7. The number of carbonyl (C=O) groups excluding carboxylic acids is 3. The summed E-state index contributed by atoms with van der Waals surface area (Å²) in [7, 11) is 0. The van der Waals surface area contributed by atoms with Crippen molar-refractivity contribution >= 4 is 17.7 Å².